The molecule has 1 aromatic heterocycles. The molecule has 19 heavy (non-hydrogen) atoms. The number of methoxy groups -OCH3 is 1. The summed E-state index contributed by atoms with van der Waals surface area (Å²) in [6.45, 7) is 3.98. The summed E-state index contributed by atoms with van der Waals surface area (Å²) < 4.78 is 31.6. The molecule has 1 atom stereocenters. The van der Waals surface area contributed by atoms with Gasteiger partial charge in [-0.15, -0.1) is 0 Å². The number of ether oxygens (including phenoxy) is 1. The Hall–Kier alpha value is -1.38. The van der Waals surface area contributed by atoms with Gasteiger partial charge in [0, 0.05) is 19.3 Å². The lowest BCUT2D eigenvalue weighted by Crippen LogP contribution is -2.41. The van der Waals surface area contributed by atoms with Gasteiger partial charge in [-0.3, -0.25) is 0 Å². The van der Waals surface area contributed by atoms with E-state index in [1.54, 1.807) is 0 Å². The molecule has 0 aliphatic carbocycles. The Morgan fingerprint density at radius 3 is 2.58 bits per heavy atom. The first-order valence-corrected chi connectivity index (χ1v) is 7.19. The lowest BCUT2D eigenvalue weighted by molar-refractivity contribution is 0.0691. The molecule has 0 aromatic carbocycles. The lowest BCUT2D eigenvalue weighted by atomic mass is 10.1. The van der Waals surface area contributed by atoms with Crippen molar-refractivity contribution in [2.75, 3.05) is 13.7 Å². The number of H-pyrrole nitrogens is 1. The van der Waals surface area contributed by atoms with E-state index in [0.29, 0.717) is 0 Å². The van der Waals surface area contributed by atoms with E-state index < -0.39 is 16.0 Å². The predicted octanol–water partition coefficient (Wildman–Crippen LogP) is 0.662. The number of aromatic amines is 1. The Balaban J connectivity index is 2.93. The fourth-order valence-corrected chi connectivity index (χ4v) is 2.82. The van der Waals surface area contributed by atoms with Crippen LogP contribution in [0.25, 0.3) is 0 Å². The van der Waals surface area contributed by atoms with Crippen LogP contribution < -0.4 is 4.72 Å². The number of hydrogen-bond donors (Lipinski definition) is 3. The van der Waals surface area contributed by atoms with Crippen molar-refractivity contribution in [3.05, 3.63) is 18.0 Å². The normalized spacial score (nSPS) is 13.7. The molecular formula is C11H18N2O5S. The molecule has 1 aromatic rings. The van der Waals surface area contributed by atoms with Gasteiger partial charge in [0.15, 0.2) is 0 Å². The zero-order valence-corrected chi connectivity index (χ0v) is 11.8. The van der Waals surface area contributed by atoms with E-state index in [0.717, 1.165) is 12.3 Å². The van der Waals surface area contributed by atoms with Crippen LogP contribution in [-0.2, 0) is 14.8 Å². The molecule has 1 rings (SSSR count). The van der Waals surface area contributed by atoms with Gasteiger partial charge in [0.1, 0.15) is 10.6 Å². The second kappa shape index (κ2) is 6.18. The number of aromatic carboxylic acids is 1. The Bertz CT molecular complexity index is 535. The molecule has 0 aliphatic rings. The van der Waals surface area contributed by atoms with Gasteiger partial charge >= 0.3 is 5.97 Å². The summed E-state index contributed by atoms with van der Waals surface area (Å²) in [4.78, 5) is 13.0. The molecule has 0 aliphatic heterocycles. The summed E-state index contributed by atoms with van der Waals surface area (Å²) in [6.07, 6.45) is 1.15. The van der Waals surface area contributed by atoms with Crippen molar-refractivity contribution in [2.24, 2.45) is 5.92 Å². The molecular weight excluding hydrogens is 272 g/mol. The fourth-order valence-electron chi connectivity index (χ4n) is 1.46. The van der Waals surface area contributed by atoms with Gasteiger partial charge < -0.3 is 14.8 Å². The second-order valence-electron chi connectivity index (χ2n) is 4.48. The van der Waals surface area contributed by atoms with Crippen LogP contribution in [0.3, 0.4) is 0 Å². The van der Waals surface area contributed by atoms with Crippen LogP contribution in [0.1, 0.15) is 24.3 Å². The first-order chi connectivity index (χ1) is 8.77. The minimum atomic E-state index is -3.76. The van der Waals surface area contributed by atoms with E-state index in [-0.39, 0.29) is 29.2 Å². The number of carbonyl (C=O) groups is 1. The van der Waals surface area contributed by atoms with Crippen LogP contribution in [-0.4, -0.2) is 44.2 Å². The Morgan fingerprint density at radius 2 is 2.16 bits per heavy atom. The average Bonchev–Trinajstić information content (AvgIpc) is 2.78. The number of aromatic nitrogens is 1. The molecule has 0 amide bonds. The second-order valence-corrected chi connectivity index (χ2v) is 6.20. The van der Waals surface area contributed by atoms with E-state index in [4.69, 9.17) is 9.84 Å². The largest absolute Gasteiger partial charge is 0.477 e. The highest BCUT2D eigenvalue weighted by Gasteiger charge is 2.24. The molecule has 1 unspecified atom stereocenters. The lowest BCUT2D eigenvalue weighted by Gasteiger charge is -2.20. The number of carboxylic acid groups (broad SMARTS) is 1. The highest BCUT2D eigenvalue weighted by molar-refractivity contribution is 7.89. The van der Waals surface area contributed by atoms with Crippen molar-refractivity contribution >= 4 is 16.0 Å². The van der Waals surface area contributed by atoms with Crippen LogP contribution in [0.5, 0.6) is 0 Å². The zero-order chi connectivity index (χ0) is 14.6. The van der Waals surface area contributed by atoms with Crippen LogP contribution in [0, 0.1) is 5.92 Å². The summed E-state index contributed by atoms with van der Waals surface area (Å²) in [5.74, 6) is -1.16. The number of rotatable bonds is 7. The monoisotopic (exact) mass is 290 g/mol. The maximum Gasteiger partial charge on any atom is 0.352 e. The highest BCUT2D eigenvalue weighted by atomic mass is 32.2. The third-order valence-corrected chi connectivity index (χ3v) is 4.12. The molecule has 108 valence electrons. The summed E-state index contributed by atoms with van der Waals surface area (Å²) in [5, 5.41) is 8.75. The average molecular weight is 290 g/mol. The minimum absolute atomic E-state index is 0.0487. The number of nitrogens with one attached hydrogen (secondary N) is 2. The molecule has 0 saturated heterocycles. The number of hydrogen-bond acceptors (Lipinski definition) is 4. The minimum Gasteiger partial charge on any atom is -0.477 e. The van der Waals surface area contributed by atoms with Crippen molar-refractivity contribution in [1.29, 1.82) is 0 Å². The molecule has 7 nitrogen and oxygen atoms in total. The van der Waals surface area contributed by atoms with Crippen LogP contribution >= 0.6 is 0 Å². The molecule has 0 fully saturated rings. The molecule has 8 heteroatoms. The van der Waals surface area contributed by atoms with Gasteiger partial charge in [-0.2, -0.15) is 0 Å². The maximum atomic E-state index is 12.1. The van der Waals surface area contributed by atoms with Crippen LogP contribution in [0.4, 0.5) is 0 Å². The van der Waals surface area contributed by atoms with E-state index in [9.17, 15) is 13.2 Å². The van der Waals surface area contributed by atoms with Crippen molar-refractivity contribution < 1.29 is 23.1 Å². The Kier molecular flexibility index (Phi) is 5.10. The summed E-state index contributed by atoms with van der Waals surface area (Å²) in [7, 11) is -2.28. The topological polar surface area (TPSA) is 108 Å². The first-order valence-electron chi connectivity index (χ1n) is 5.71. The maximum absolute atomic E-state index is 12.1. The zero-order valence-electron chi connectivity index (χ0n) is 11.0. The molecule has 0 radical (unpaired) electrons. The van der Waals surface area contributed by atoms with Crippen molar-refractivity contribution in [2.45, 2.75) is 24.8 Å². The van der Waals surface area contributed by atoms with Crippen LogP contribution in [0.15, 0.2) is 17.2 Å². The molecule has 0 saturated carbocycles. The van der Waals surface area contributed by atoms with Crippen molar-refractivity contribution in [1.82, 2.24) is 9.71 Å². The van der Waals surface area contributed by atoms with Gasteiger partial charge in [-0.25, -0.2) is 17.9 Å². The van der Waals surface area contributed by atoms with E-state index in [2.05, 4.69) is 9.71 Å². The van der Waals surface area contributed by atoms with Gasteiger partial charge in [0.05, 0.1) is 6.61 Å². The van der Waals surface area contributed by atoms with Gasteiger partial charge in [-0.05, 0) is 12.0 Å². The Morgan fingerprint density at radius 1 is 1.53 bits per heavy atom. The molecule has 3 N–H and O–H groups in total. The molecule has 1 heterocycles. The van der Waals surface area contributed by atoms with E-state index >= 15 is 0 Å². The SMILES string of the molecule is COCC(NS(=O)(=O)c1c[nH]c(C(=O)O)c1)C(C)C. The molecule has 0 bridgehead atoms. The van der Waals surface area contributed by atoms with E-state index in [1.807, 2.05) is 13.8 Å². The van der Waals surface area contributed by atoms with Crippen molar-refractivity contribution in [3.63, 3.8) is 0 Å². The number of carboxylic acids is 1. The summed E-state index contributed by atoms with van der Waals surface area (Å²) >= 11 is 0. The van der Waals surface area contributed by atoms with E-state index in [1.165, 1.54) is 7.11 Å². The third kappa shape index (κ3) is 4.05. The Labute approximate surface area is 112 Å². The number of sulfonamides is 1. The van der Waals surface area contributed by atoms with Crippen LogP contribution in [0.2, 0.25) is 0 Å². The van der Waals surface area contributed by atoms with Gasteiger partial charge in [0.25, 0.3) is 0 Å². The standard InChI is InChI=1S/C11H18N2O5S/c1-7(2)10(6-18-3)13-19(16,17)8-4-9(11(14)15)12-5-8/h4-5,7,10,12-13H,6H2,1-3H3,(H,14,15). The van der Waals surface area contributed by atoms with Crippen molar-refractivity contribution in [3.8, 4) is 0 Å². The van der Waals surface area contributed by atoms with Gasteiger partial charge in [-0.1, -0.05) is 13.8 Å². The highest BCUT2D eigenvalue weighted by Crippen LogP contribution is 2.13. The first kappa shape index (κ1) is 15.7. The van der Waals surface area contributed by atoms with Gasteiger partial charge in [0.2, 0.25) is 10.0 Å². The fraction of sp³-hybridized carbons (Fsp3) is 0.545. The molecule has 0 spiro atoms. The third-order valence-electron chi connectivity index (χ3n) is 2.65. The summed E-state index contributed by atoms with van der Waals surface area (Å²) in [5.41, 5.74) is -0.173. The smallest absolute Gasteiger partial charge is 0.352 e. The summed E-state index contributed by atoms with van der Waals surface area (Å²) in [6, 6.07) is 0.702. The quantitative estimate of drug-likeness (QED) is 0.683. The predicted molar refractivity (Wildman–Crippen MR) is 68.6 cm³/mol.